The van der Waals surface area contributed by atoms with Gasteiger partial charge in [0.15, 0.2) is 0 Å². The number of carbonyl (C=O) groups is 3. The minimum Gasteiger partial charge on any atom is -0.384 e. The Morgan fingerprint density at radius 1 is 1.03 bits per heavy atom. The molecule has 0 bridgehead atoms. The van der Waals surface area contributed by atoms with Crippen molar-refractivity contribution in [3.05, 3.63) is 17.5 Å². The number of hydroxylamine groups is 1. The molecule has 3 amide bonds. The summed E-state index contributed by atoms with van der Waals surface area (Å²) >= 11 is 3.01. The molecule has 0 saturated carbocycles. The Bertz CT molecular complexity index is 836. The van der Waals surface area contributed by atoms with Crippen LogP contribution in [0.15, 0.2) is 21.7 Å². The predicted molar refractivity (Wildman–Crippen MR) is 148 cm³/mol. The van der Waals surface area contributed by atoms with Crippen LogP contribution in [0.3, 0.4) is 0 Å². The van der Waals surface area contributed by atoms with E-state index in [0.29, 0.717) is 31.9 Å². The van der Waals surface area contributed by atoms with E-state index in [1.54, 1.807) is 31.0 Å². The first-order valence-electron chi connectivity index (χ1n) is 12.4. The standard InChI is InChI=1S/C26H45N3O6S2/c1-17(2)12-18(19(23(31)29-33)13-37-20-10-9-11-36-20)22(30)28-21(25(3,4)5)24(32)27-14-26(6,15-34-7)16-35-8/h9-11,17-19,21,33H,12-16H2,1-8H3,(H,27,32)(H,28,30)(H,29,31)/t18-,19+,21-/m1/s1. The SMILES string of the molecule is COCC(C)(CNC(=O)[C@@H](NC(=O)[C@H](CC(C)C)[C@H](CSc1cccs1)C(=O)NO)C(C)(C)C)COC. The molecule has 1 aromatic heterocycles. The Morgan fingerprint density at radius 2 is 1.65 bits per heavy atom. The van der Waals surface area contributed by atoms with Crippen molar-refractivity contribution in [2.24, 2.45) is 28.6 Å². The average molecular weight is 560 g/mol. The number of hydrogen-bond acceptors (Lipinski definition) is 8. The second-order valence-corrected chi connectivity index (χ2v) is 13.5. The molecule has 1 rings (SSSR count). The first kappa shape index (κ1) is 33.4. The van der Waals surface area contributed by atoms with Crippen LogP contribution in [0.2, 0.25) is 0 Å². The molecule has 0 aromatic carbocycles. The van der Waals surface area contributed by atoms with Gasteiger partial charge in [0.25, 0.3) is 0 Å². The summed E-state index contributed by atoms with van der Waals surface area (Å²) in [5.74, 6) is -2.41. The van der Waals surface area contributed by atoms with Gasteiger partial charge < -0.3 is 20.1 Å². The first-order chi connectivity index (χ1) is 17.3. The highest BCUT2D eigenvalue weighted by Crippen LogP contribution is 2.31. The molecule has 37 heavy (non-hydrogen) atoms. The van der Waals surface area contributed by atoms with Crippen LogP contribution in [-0.4, -0.2) is 68.7 Å². The van der Waals surface area contributed by atoms with E-state index in [1.165, 1.54) is 11.8 Å². The molecule has 212 valence electrons. The lowest BCUT2D eigenvalue weighted by Crippen LogP contribution is -2.57. The number of ether oxygens (including phenoxy) is 2. The normalized spacial score (nSPS) is 14.6. The summed E-state index contributed by atoms with van der Waals surface area (Å²) < 4.78 is 11.6. The summed E-state index contributed by atoms with van der Waals surface area (Å²) in [6.45, 7) is 12.6. The van der Waals surface area contributed by atoms with E-state index >= 15 is 0 Å². The Labute approximate surface area is 229 Å². The van der Waals surface area contributed by atoms with Crippen LogP contribution in [0.4, 0.5) is 0 Å². The predicted octanol–water partition coefficient (Wildman–Crippen LogP) is 3.57. The third-order valence-corrected chi connectivity index (χ3v) is 8.24. The second kappa shape index (κ2) is 15.7. The smallest absolute Gasteiger partial charge is 0.248 e. The number of carbonyl (C=O) groups excluding carboxylic acids is 3. The Kier molecular flexibility index (Phi) is 14.1. The molecule has 0 unspecified atom stereocenters. The number of hydrogen-bond donors (Lipinski definition) is 4. The van der Waals surface area contributed by atoms with Gasteiger partial charge in [-0.1, -0.05) is 47.6 Å². The van der Waals surface area contributed by atoms with Gasteiger partial charge in [0.05, 0.1) is 29.3 Å². The van der Waals surface area contributed by atoms with Crippen molar-refractivity contribution in [3.63, 3.8) is 0 Å². The van der Waals surface area contributed by atoms with Gasteiger partial charge in [0.2, 0.25) is 17.7 Å². The molecule has 4 N–H and O–H groups in total. The molecule has 1 heterocycles. The molecule has 0 radical (unpaired) electrons. The van der Waals surface area contributed by atoms with Crippen LogP contribution < -0.4 is 16.1 Å². The molecule has 0 fully saturated rings. The van der Waals surface area contributed by atoms with Crippen molar-refractivity contribution >= 4 is 40.8 Å². The van der Waals surface area contributed by atoms with E-state index in [2.05, 4.69) is 10.6 Å². The third kappa shape index (κ3) is 11.3. The maximum atomic E-state index is 13.7. The number of methoxy groups -OCH3 is 2. The third-order valence-electron chi connectivity index (χ3n) is 5.98. The largest absolute Gasteiger partial charge is 0.384 e. The van der Waals surface area contributed by atoms with Crippen LogP contribution >= 0.6 is 23.1 Å². The molecule has 0 aliphatic heterocycles. The zero-order valence-electron chi connectivity index (χ0n) is 23.4. The van der Waals surface area contributed by atoms with Gasteiger partial charge in [-0.25, -0.2) is 5.48 Å². The topological polar surface area (TPSA) is 126 Å². The lowest BCUT2D eigenvalue weighted by atomic mass is 9.82. The van der Waals surface area contributed by atoms with Gasteiger partial charge >= 0.3 is 0 Å². The number of amides is 3. The minimum atomic E-state index is -0.841. The molecule has 0 saturated heterocycles. The maximum absolute atomic E-state index is 13.7. The fourth-order valence-corrected chi connectivity index (χ4v) is 6.10. The lowest BCUT2D eigenvalue weighted by molar-refractivity contribution is -0.141. The molecule has 9 nitrogen and oxygen atoms in total. The van der Waals surface area contributed by atoms with E-state index in [9.17, 15) is 19.6 Å². The van der Waals surface area contributed by atoms with E-state index < -0.39 is 34.6 Å². The molecule has 0 aliphatic carbocycles. The highest BCUT2D eigenvalue weighted by molar-refractivity contribution is 8.01. The van der Waals surface area contributed by atoms with Crippen molar-refractivity contribution < 1.29 is 29.1 Å². The van der Waals surface area contributed by atoms with E-state index in [-0.39, 0.29) is 17.7 Å². The van der Waals surface area contributed by atoms with Crippen molar-refractivity contribution in [3.8, 4) is 0 Å². The molecule has 1 aromatic rings. The second-order valence-electron chi connectivity index (χ2n) is 11.3. The first-order valence-corrected chi connectivity index (χ1v) is 14.3. The molecular formula is C26H45N3O6S2. The fourth-order valence-electron chi connectivity index (χ4n) is 4.10. The van der Waals surface area contributed by atoms with Crippen LogP contribution in [0.1, 0.15) is 48.0 Å². The maximum Gasteiger partial charge on any atom is 0.248 e. The number of thiophene rings is 1. The van der Waals surface area contributed by atoms with E-state index in [4.69, 9.17) is 9.47 Å². The summed E-state index contributed by atoms with van der Waals surface area (Å²) in [7, 11) is 3.19. The zero-order valence-corrected chi connectivity index (χ0v) is 25.0. The van der Waals surface area contributed by atoms with Crippen LogP contribution in [0.5, 0.6) is 0 Å². The van der Waals surface area contributed by atoms with Crippen molar-refractivity contribution in [1.82, 2.24) is 16.1 Å². The molecule has 11 heteroatoms. The van der Waals surface area contributed by atoms with Crippen molar-refractivity contribution in [1.29, 1.82) is 0 Å². The van der Waals surface area contributed by atoms with Gasteiger partial charge in [-0.05, 0) is 29.2 Å². The molecular weight excluding hydrogens is 514 g/mol. The zero-order chi connectivity index (χ0) is 28.2. The van der Waals surface area contributed by atoms with Gasteiger partial charge in [-0.3, -0.25) is 19.6 Å². The Morgan fingerprint density at radius 3 is 2.11 bits per heavy atom. The summed E-state index contributed by atoms with van der Waals surface area (Å²) in [5, 5.41) is 17.3. The average Bonchev–Trinajstić information content (AvgIpc) is 3.33. The highest BCUT2D eigenvalue weighted by atomic mass is 32.2. The monoisotopic (exact) mass is 559 g/mol. The van der Waals surface area contributed by atoms with Crippen molar-refractivity contribution in [2.75, 3.05) is 39.7 Å². The number of rotatable bonds is 16. The van der Waals surface area contributed by atoms with Gasteiger partial charge in [0.1, 0.15) is 6.04 Å². The molecule has 3 atom stereocenters. The number of nitrogens with one attached hydrogen (secondary N) is 3. The van der Waals surface area contributed by atoms with Crippen molar-refractivity contribution in [2.45, 2.75) is 58.2 Å². The van der Waals surface area contributed by atoms with E-state index in [0.717, 1.165) is 4.21 Å². The minimum absolute atomic E-state index is 0.113. The summed E-state index contributed by atoms with van der Waals surface area (Å²) in [6.07, 6.45) is 0.424. The van der Waals surface area contributed by atoms with Gasteiger partial charge in [-0.15, -0.1) is 23.1 Å². The lowest BCUT2D eigenvalue weighted by Gasteiger charge is -2.35. The van der Waals surface area contributed by atoms with Crippen LogP contribution in [0, 0.1) is 28.6 Å². The van der Waals surface area contributed by atoms with Crippen LogP contribution in [-0.2, 0) is 23.9 Å². The fraction of sp³-hybridized carbons (Fsp3) is 0.731. The molecule has 0 aliphatic rings. The highest BCUT2D eigenvalue weighted by Gasteiger charge is 2.39. The summed E-state index contributed by atoms with van der Waals surface area (Å²) in [4.78, 5) is 39.7. The van der Waals surface area contributed by atoms with Gasteiger partial charge in [-0.2, -0.15) is 0 Å². The van der Waals surface area contributed by atoms with Gasteiger partial charge in [0, 0.05) is 31.9 Å². The Hall–Kier alpha value is -1.66. The summed E-state index contributed by atoms with van der Waals surface area (Å²) in [6, 6.07) is 3.03. The van der Waals surface area contributed by atoms with Crippen LogP contribution in [0.25, 0.3) is 0 Å². The Balaban J connectivity index is 3.14. The van der Waals surface area contributed by atoms with E-state index in [1.807, 2.05) is 59.1 Å². The molecule has 0 spiro atoms. The number of thioether (sulfide) groups is 1. The quantitative estimate of drug-likeness (QED) is 0.139. The summed E-state index contributed by atoms with van der Waals surface area (Å²) in [5.41, 5.74) is 0.708.